The fourth-order valence-electron chi connectivity index (χ4n) is 3.53. The number of allylic oxidation sites excluding steroid dienone is 3. The quantitative estimate of drug-likeness (QED) is 0.366. The van der Waals surface area contributed by atoms with Crippen molar-refractivity contribution in [3.05, 3.63) is 33.6 Å². The summed E-state index contributed by atoms with van der Waals surface area (Å²) in [6, 6.07) is 0. The monoisotopic (exact) mass is 435 g/mol. The third-order valence-electron chi connectivity index (χ3n) is 5.54. The van der Waals surface area contributed by atoms with Gasteiger partial charge in [-0.2, -0.15) is 5.10 Å². The minimum absolute atomic E-state index is 0.0394. The normalized spacial score (nSPS) is 16.0. The SMILES string of the molecule is CC/C(N)=C(SCN(C)C(C)=O)\C(=C(/CC)NC)N1CC(C(CC)CC)=CC(C)=N1. The van der Waals surface area contributed by atoms with Crippen LogP contribution in [-0.2, 0) is 4.79 Å². The Morgan fingerprint density at radius 1 is 1.30 bits per heavy atom. The molecule has 30 heavy (non-hydrogen) atoms. The first kappa shape index (κ1) is 26.1. The fraction of sp³-hybridized carbons (Fsp3) is 0.652. The van der Waals surface area contributed by atoms with Gasteiger partial charge in [0.1, 0.15) is 0 Å². The van der Waals surface area contributed by atoms with Crippen LogP contribution in [0.4, 0.5) is 0 Å². The lowest BCUT2D eigenvalue weighted by molar-refractivity contribution is -0.126. The summed E-state index contributed by atoms with van der Waals surface area (Å²) < 4.78 is 0. The summed E-state index contributed by atoms with van der Waals surface area (Å²) in [5.41, 5.74) is 11.9. The molecular weight excluding hydrogens is 394 g/mol. The lowest BCUT2D eigenvalue weighted by Gasteiger charge is -2.33. The highest BCUT2D eigenvalue weighted by Crippen LogP contribution is 2.35. The van der Waals surface area contributed by atoms with Crippen molar-refractivity contribution in [2.24, 2.45) is 16.8 Å². The Morgan fingerprint density at radius 3 is 2.40 bits per heavy atom. The highest BCUT2D eigenvalue weighted by Gasteiger charge is 2.26. The number of hydrogen-bond acceptors (Lipinski definition) is 6. The number of rotatable bonds is 11. The third-order valence-corrected chi connectivity index (χ3v) is 6.80. The van der Waals surface area contributed by atoms with E-state index < -0.39 is 0 Å². The average Bonchev–Trinajstić information content (AvgIpc) is 2.73. The minimum Gasteiger partial charge on any atom is -0.401 e. The summed E-state index contributed by atoms with van der Waals surface area (Å²) >= 11 is 1.61. The van der Waals surface area contributed by atoms with Crippen LogP contribution in [0.1, 0.15) is 67.2 Å². The van der Waals surface area contributed by atoms with Crippen LogP contribution < -0.4 is 11.1 Å². The predicted molar refractivity (Wildman–Crippen MR) is 131 cm³/mol. The van der Waals surface area contributed by atoms with E-state index >= 15 is 0 Å². The van der Waals surface area contributed by atoms with E-state index in [9.17, 15) is 4.79 Å². The smallest absolute Gasteiger partial charge is 0.219 e. The number of amides is 1. The summed E-state index contributed by atoms with van der Waals surface area (Å²) in [5, 5.41) is 10.4. The van der Waals surface area contributed by atoms with E-state index in [1.807, 2.05) is 14.1 Å². The number of carbonyl (C=O) groups is 1. The van der Waals surface area contributed by atoms with E-state index in [4.69, 9.17) is 10.8 Å². The van der Waals surface area contributed by atoms with Crippen molar-refractivity contribution >= 4 is 23.4 Å². The van der Waals surface area contributed by atoms with Crippen LogP contribution in [0.3, 0.4) is 0 Å². The number of nitrogens with one attached hydrogen (secondary N) is 1. The number of nitrogens with two attached hydrogens (primary N) is 1. The van der Waals surface area contributed by atoms with Crippen LogP contribution in [-0.4, -0.2) is 48.0 Å². The molecule has 0 spiro atoms. The molecule has 1 aliphatic rings. The van der Waals surface area contributed by atoms with Gasteiger partial charge in [-0.1, -0.05) is 27.7 Å². The molecule has 3 N–H and O–H groups in total. The van der Waals surface area contributed by atoms with Crippen molar-refractivity contribution in [2.75, 3.05) is 26.5 Å². The van der Waals surface area contributed by atoms with Crippen molar-refractivity contribution in [2.45, 2.75) is 67.2 Å². The van der Waals surface area contributed by atoms with Crippen LogP contribution in [0.2, 0.25) is 0 Å². The minimum atomic E-state index is 0.0394. The maximum Gasteiger partial charge on any atom is 0.219 e. The summed E-state index contributed by atoms with van der Waals surface area (Å²) in [4.78, 5) is 14.4. The topological polar surface area (TPSA) is 74.0 Å². The van der Waals surface area contributed by atoms with Crippen molar-refractivity contribution in [3.8, 4) is 0 Å². The van der Waals surface area contributed by atoms with E-state index in [-0.39, 0.29) is 5.91 Å². The zero-order valence-corrected chi connectivity index (χ0v) is 20.9. The Morgan fingerprint density at radius 2 is 1.93 bits per heavy atom. The first-order chi connectivity index (χ1) is 14.2. The lowest BCUT2D eigenvalue weighted by Crippen LogP contribution is -2.32. The zero-order valence-electron chi connectivity index (χ0n) is 20.1. The Bertz CT molecular complexity index is 713. The van der Waals surface area contributed by atoms with Crippen molar-refractivity contribution in [3.63, 3.8) is 0 Å². The molecule has 7 heteroatoms. The van der Waals surface area contributed by atoms with E-state index in [1.165, 1.54) is 5.57 Å². The van der Waals surface area contributed by atoms with Gasteiger partial charge in [0.25, 0.3) is 0 Å². The van der Waals surface area contributed by atoms with Gasteiger partial charge in [0.2, 0.25) is 5.91 Å². The summed E-state index contributed by atoms with van der Waals surface area (Å²) in [7, 11) is 3.76. The molecule has 1 aliphatic heterocycles. The van der Waals surface area contributed by atoms with Crippen LogP contribution in [0.5, 0.6) is 0 Å². The van der Waals surface area contributed by atoms with E-state index in [2.05, 4.69) is 51.0 Å². The zero-order chi connectivity index (χ0) is 22.8. The van der Waals surface area contributed by atoms with Crippen LogP contribution in [0.25, 0.3) is 0 Å². The number of carbonyl (C=O) groups excluding carboxylic acids is 1. The second-order valence-electron chi connectivity index (χ2n) is 7.66. The Kier molecular flexibility index (Phi) is 11.1. The van der Waals surface area contributed by atoms with Crippen molar-refractivity contribution < 1.29 is 4.79 Å². The van der Waals surface area contributed by atoms with Crippen LogP contribution in [0, 0.1) is 5.92 Å². The van der Waals surface area contributed by atoms with Crippen molar-refractivity contribution in [1.29, 1.82) is 0 Å². The molecular formula is C23H41N5OS. The van der Waals surface area contributed by atoms with Gasteiger partial charge in [0.05, 0.1) is 28.7 Å². The molecule has 6 nitrogen and oxygen atoms in total. The van der Waals surface area contributed by atoms with Crippen molar-refractivity contribution in [1.82, 2.24) is 15.2 Å². The number of hydrazone groups is 1. The molecule has 170 valence electrons. The van der Waals surface area contributed by atoms with Gasteiger partial charge in [0, 0.05) is 32.4 Å². The molecule has 1 heterocycles. The van der Waals surface area contributed by atoms with Gasteiger partial charge >= 0.3 is 0 Å². The largest absolute Gasteiger partial charge is 0.401 e. The highest BCUT2D eigenvalue weighted by molar-refractivity contribution is 8.03. The molecule has 0 bridgehead atoms. The number of nitrogens with zero attached hydrogens (tertiary/aromatic N) is 3. The maximum absolute atomic E-state index is 11.7. The second kappa shape index (κ2) is 12.7. The molecule has 0 fully saturated rings. The fourth-order valence-corrected chi connectivity index (χ4v) is 4.73. The predicted octanol–water partition coefficient (Wildman–Crippen LogP) is 4.63. The van der Waals surface area contributed by atoms with Gasteiger partial charge in [-0.25, -0.2) is 0 Å². The molecule has 0 aromatic heterocycles. The first-order valence-corrected chi connectivity index (χ1v) is 12.0. The van der Waals surface area contributed by atoms with Crippen LogP contribution >= 0.6 is 11.8 Å². The molecule has 0 saturated carbocycles. The lowest BCUT2D eigenvalue weighted by atomic mass is 9.91. The van der Waals surface area contributed by atoms with E-state index in [0.717, 1.165) is 59.9 Å². The molecule has 0 saturated heterocycles. The van der Waals surface area contributed by atoms with Gasteiger partial charge in [-0.3, -0.25) is 9.80 Å². The molecule has 0 aliphatic carbocycles. The molecule has 0 aromatic carbocycles. The molecule has 0 atom stereocenters. The maximum atomic E-state index is 11.7. The van der Waals surface area contributed by atoms with Gasteiger partial charge in [-0.05, 0) is 50.2 Å². The molecule has 0 aromatic rings. The van der Waals surface area contributed by atoms with Crippen LogP contribution in [0.15, 0.2) is 38.7 Å². The standard InChI is InChI=1S/C23H41N5OS/c1-9-18(10-2)19-13-16(5)26-28(14-19)22(21(12-4)25-7)23(20(24)11-3)30-15-27(8)17(6)29/h13,18,25H,9-12,14-15,24H2,1-8H3/b22-21-,23-20-. The van der Waals surface area contributed by atoms with E-state index in [0.29, 0.717) is 11.8 Å². The molecule has 0 unspecified atom stereocenters. The van der Waals surface area contributed by atoms with E-state index in [1.54, 1.807) is 23.6 Å². The summed E-state index contributed by atoms with van der Waals surface area (Å²) in [6.45, 7) is 13.1. The molecule has 1 amide bonds. The summed E-state index contributed by atoms with van der Waals surface area (Å²) in [6.07, 6.45) is 6.05. The molecule has 0 radical (unpaired) electrons. The average molecular weight is 436 g/mol. The van der Waals surface area contributed by atoms with Gasteiger partial charge in [0.15, 0.2) is 0 Å². The Hall–Kier alpha value is -1.89. The second-order valence-corrected chi connectivity index (χ2v) is 8.62. The first-order valence-electron chi connectivity index (χ1n) is 11.0. The molecule has 1 rings (SSSR count). The Labute approximate surface area is 187 Å². The highest BCUT2D eigenvalue weighted by atomic mass is 32.2. The number of thioether (sulfide) groups is 1. The number of hydrogen-bond donors (Lipinski definition) is 2. The third kappa shape index (κ3) is 6.83. The summed E-state index contributed by atoms with van der Waals surface area (Å²) in [5.74, 6) is 1.13. The van der Waals surface area contributed by atoms with Gasteiger partial charge < -0.3 is 16.0 Å². The van der Waals surface area contributed by atoms with Gasteiger partial charge in [-0.15, -0.1) is 11.8 Å². The Balaban J connectivity index is 3.47.